The van der Waals surface area contributed by atoms with E-state index in [1.165, 1.54) is 18.3 Å². The first-order valence-corrected chi connectivity index (χ1v) is 7.39. The van der Waals surface area contributed by atoms with E-state index in [1.54, 1.807) is 6.20 Å². The van der Waals surface area contributed by atoms with Crippen LogP contribution in [0.5, 0.6) is 0 Å². The van der Waals surface area contributed by atoms with Crippen LogP contribution >= 0.6 is 0 Å². The van der Waals surface area contributed by atoms with E-state index in [-0.39, 0.29) is 11.4 Å². The van der Waals surface area contributed by atoms with Gasteiger partial charge in [0.2, 0.25) is 15.9 Å². The number of aryl methyl sites for hydroxylation is 1. The molecule has 0 fully saturated rings. The molecule has 0 saturated heterocycles. The van der Waals surface area contributed by atoms with Crippen LogP contribution in [0.25, 0.3) is 0 Å². The molecule has 2 aromatic rings. The molecular formula is C11H15N5O3S. The van der Waals surface area contributed by atoms with E-state index < -0.39 is 10.0 Å². The Kier molecular flexibility index (Phi) is 4.32. The number of nitrogens with one attached hydrogen (secondary N) is 2. The zero-order valence-electron chi connectivity index (χ0n) is 10.8. The number of anilines is 1. The molecule has 0 aliphatic heterocycles. The van der Waals surface area contributed by atoms with Gasteiger partial charge in [0.15, 0.2) is 0 Å². The fraction of sp³-hybridized carbons (Fsp3) is 0.273. The van der Waals surface area contributed by atoms with E-state index in [9.17, 15) is 8.42 Å². The maximum absolute atomic E-state index is 12.0. The third-order valence-corrected chi connectivity index (χ3v) is 3.94. The fourth-order valence-electron chi connectivity index (χ4n) is 1.46. The number of hydrazine groups is 1. The predicted molar refractivity (Wildman–Crippen MR) is 72.0 cm³/mol. The zero-order chi connectivity index (χ0) is 14.6. The van der Waals surface area contributed by atoms with Crippen LogP contribution in [0, 0.1) is 0 Å². The quantitative estimate of drug-likeness (QED) is 0.520. The normalized spacial score (nSPS) is 11.5. The largest absolute Gasteiger partial charge is 0.444 e. The Hall–Kier alpha value is -1.97. The summed E-state index contributed by atoms with van der Waals surface area (Å²) in [6.45, 7) is 1.91. The molecule has 0 spiro atoms. The summed E-state index contributed by atoms with van der Waals surface area (Å²) in [5, 5.41) is 0. The minimum atomic E-state index is -3.66. The fourth-order valence-corrected chi connectivity index (χ4v) is 2.38. The van der Waals surface area contributed by atoms with Crippen LogP contribution in [0.15, 0.2) is 33.8 Å². The second-order valence-corrected chi connectivity index (χ2v) is 5.69. The highest BCUT2D eigenvalue weighted by Gasteiger charge is 2.15. The molecule has 0 amide bonds. The maximum Gasteiger partial charge on any atom is 0.242 e. The smallest absolute Gasteiger partial charge is 0.242 e. The molecule has 8 nitrogen and oxygen atoms in total. The first kappa shape index (κ1) is 14.4. The topological polar surface area (TPSA) is 123 Å². The number of hydrogen-bond donors (Lipinski definition) is 3. The Morgan fingerprint density at radius 2 is 2.10 bits per heavy atom. The van der Waals surface area contributed by atoms with Gasteiger partial charge >= 0.3 is 0 Å². The van der Waals surface area contributed by atoms with Gasteiger partial charge in [-0.25, -0.2) is 29.0 Å². The minimum absolute atomic E-state index is 0.0147. The highest BCUT2D eigenvalue weighted by atomic mass is 32.2. The molecule has 2 heterocycles. The summed E-state index contributed by atoms with van der Waals surface area (Å²) in [7, 11) is -3.66. The highest BCUT2D eigenvalue weighted by molar-refractivity contribution is 7.89. The maximum atomic E-state index is 12.0. The van der Waals surface area contributed by atoms with Gasteiger partial charge in [-0.15, -0.1) is 0 Å². The van der Waals surface area contributed by atoms with E-state index in [0.29, 0.717) is 23.9 Å². The lowest BCUT2D eigenvalue weighted by atomic mass is 10.4. The molecule has 9 heteroatoms. The van der Waals surface area contributed by atoms with Crippen LogP contribution in [-0.2, 0) is 23.0 Å². The number of nitrogen functional groups attached to an aromatic ring is 1. The minimum Gasteiger partial charge on any atom is -0.444 e. The predicted octanol–water partition coefficient (Wildman–Crippen LogP) is 0.396. The lowest BCUT2D eigenvalue weighted by Gasteiger charge is -2.05. The standard InChI is InChI=1S/C11H15N5O3S/c1-2-8-5-14-11(19-8)7-15-20(17,18)9-3-4-10(16-12)13-6-9/h3-6,15H,2,7,12H2,1H3,(H,13,16). The van der Waals surface area contributed by atoms with Crippen molar-refractivity contribution in [2.45, 2.75) is 24.8 Å². The van der Waals surface area contributed by atoms with Crippen molar-refractivity contribution in [1.29, 1.82) is 0 Å². The van der Waals surface area contributed by atoms with E-state index in [2.05, 4.69) is 20.1 Å². The van der Waals surface area contributed by atoms with Crippen LogP contribution in [0.1, 0.15) is 18.6 Å². The molecule has 0 atom stereocenters. The number of nitrogens with zero attached hydrogens (tertiary/aromatic N) is 2. The van der Waals surface area contributed by atoms with Gasteiger partial charge in [-0.05, 0) is 12.1 Å². The Morgan fingerprint density at radius 1 is 1.30 bits per heavy atom. The van der Waals surface area contributed by atoms with Gasteiger partial charge in [-0.1, -0.05) is 6.92 Å². The first-order chi connectivity index (χ1) is 9.55. The summed E-state index contributed by atoms with van der Waals surface area (Å²) in [5.41, 5.74) is 2.32. The first-order valence-electron chi connectivity index (χ1n) is 5.91. The van der Waals surface area contributed by atoms with Crippen LogP contribution in [-0.4, -0.2) is 18.4 Å². The van der Waals surface area contributed by atoms with E-state index in [0.717, 1.165) is 0 Å². The van der Waals surface area contributed by atoms with Crippen molar-refractivity contribution in [1.82, 2.24) is 14.7 Å². The van der Waals surface area contributed by atoms with Crippen molar-refractivity contribution >= 4 is 15.8 Å². The second kappa shape index (κ2) is 5.99. The van der Waals surface area contributed by atoms with Gasteiger partial charge in [-0.3, -0.25) is 0 Å². The second-order valence-electron chi connectivity index (χ2n) is 3.92. The van der Waals surface area contributed by atoms with Crippen LogP contribution in [0.3, 0.4) is 0 Å². The Balaban J connectivity index is 2.06. The summed E-state index contributed by atoms with van der Waals surface area (Å²) in [6.07, 6.45) is 3.49. The van der Waals surface area contributed by atoms with Crippen molar-refractivity contribution in [3.05, 3.63) is 36.2 Å². The highest BCUT2D eigenvalue weighted by Crippen LogP contribution is 2.11. The van der Waals surface area contributed by atoms with Crippen LogP contribution in [0.2, 0.25) is 0 Å². The number of pyridine rings is 1. The van der Waals surface area contributed by atoms with Crippen molar-refractivity contribution in [2.75, 3.05) is 5.43 Å². The molecule has 108 valence electrons. The summed E-state index contributed by atoms with van der Waals surface area (Å²) < 4.78 is 31.7. The summed E-state index contributed by atoms with van der Waals surface area (Å²) in [6, 6.07) is 2.87. The average molecular weight is 297 g/mol. The van der Waals surface area contributed by atoms with E-state index >= 15 is 0 Å². The molecule has 2 rings (SSSR count). The third-order valence-electron chi connectivity index (χ3n) is 2.56. The van der Waals surface area contributed by atoms with Crippen molar-refractivity contribution in [3.63, 3.8) is 0 Å². The van der Waals surface area contributed by atoms with Gasteiger partial charge in [0.05, 0.1) is 12.7 Å². The van der Waals surface area contributed by atoms with Crippen LogP contribution in [0.4, 0.5) is 5.82 Å². The Morgan fingerprint density at radius 3 is 2.65 bits per heavy atom. The monoisotopic (exact) mass is 297 g/mol. The zero-order valence-corrected chi connectivity index (χ0v) is 11.6. The molecule has 0 aliphatic carbocycles. The Bertz CT molecular complexity index is 666. The van der Waals surface area contributed by atoms with Gasteiger partial charge in [-0.2, -0.15) is 0 Å². The van der Waals surface area contributed by atoms with Gasteiger partial charge in [0.1, 0.15) is 16.5 Å². The molecule has 2 aromatic heterocycles. The molecule has 0 bridgehead atoms. The Labute approximate surface area is 116 Å². The molecule has 4 N–H and O–H groups in total. The molecule has 0 saturated carbocycles. The number of nitrogens with two attached hydrogens (primary N) is 1. The lowest BCUT2D eigenvalue weighted by molar-refractivity contribution is 0.452. The van der Waals surface area contributed by atoms with Crippen LogP contribution < -0.4 is 16.0 Å². The van der Waals surface area contributed by atoms with Gasteiger partial charge < -0.3 is 9.84 Å². The molecule has 0 unspecified atom stereocenters. The number of hydrogen-bond acceptors (Lipinski definition) is 7. The molecule has 0 radical (unpaired) electrons. The summed E-state index contributed by atoms with van der Waals surface area (Å²) in [5.74, 6) is 6.57. The van der Waals surface area contributed by atoms with Gasteiger partial charge in [0.25, 0.3) is 0 Å². The van der Waals surface area contributed by atoms with Crippen molar-refractivity contribution in [3.8, 4) is 0 Å². The summed E-state index contributed by atoms with van der Waals surface area (Å²) in [4.78, 5) is 7.86. The summed E-state index contributed by atoms with van der Waals surface area (Å²) >= 11 is 0. The number of oxazole rings is 1. The lowest BCUT2D eigenvalue weighted by Crippen LogP contribution is -2.23. The molecule has 0 aromatic carbocycles. The number of aromatic nitrogens is 2. The van der Waals surface area contributed by atoms with E-state index in [4.69, 9.17) is 10.3 Å². The SMILES string of the molecule is CCc1cnc(CNS(=O)(=O)c2ccc(NN)nc2)o1. The molecular weight excluding hydrogens is 282 g/mol. The van der Waals surface area contributed by atoms with Crippen molar-refractivity contribution < 1.29 is 12.8 Å². The third kappa shape index (κ3) is 3.32. The van der Waals surface area contributed by atoms with Crippen molar-refractivity contribution in [2.24, 2.45) is 5.84 Å². The number of rotatable bonds is 6. The number of sulfonamides is 1. The van der Waals surface area contributed by atoms with E-state index in [1.807, 2.05) is 6.92 Å². The average Bonchev–Trinajstić information content (AvgIpc) is 2.93. The van der Waals surface area contributed by atoms with Gasteiger partial charge in [0, 0.05) is 12.6 Å². The molecule has 0 aliphatic rings. The molecule has 20 heavy (non-hydrogen) atoms.